The quantitative estimate of drug-likeness (QED) is 0.856. The minimum Gasteiger partial charge on any atom is -0.373 e. The van der Waals surface area contributed by atoms with E-state index in [4.69, 9.17) is 4.74 Å². The molecule has 1 aliphatic heterocycles. The first-order valence-electron chi connectivity index (χ1n) is 8.76. The van der Waals surface area contributed by atoms with Crippen molar-refractivity contribution in [1.29, 1.82) is 0 Å². The summed E-state index contributed by atoms with van der Waals surface area (Å²) in [7, 11) is 0. The smallest absolute Gasteiger partial charge is 0.0678 e. The Kier molecular flexibility index (Phi) is 5.66. The van der Waals surface area contributed by atoms with Crippen molar-refractivity contribution >= 4 is 0 Å². The molecule has 1 fully saturated rings. The summed E-state index contributed by atoms with van der Waals surface area (Å²) >= 11 is 0. The van der Waals surface area contributed by atoms with E-state index in [9.17, 15) is 0 Å². The van der Waals surface area contributed by atoms with Crippen LogP contribution in [0, 0.1) is 6.92 Å². The van der Waals surface area contributed by atoms with Crippen LogP contribution in [0.25, 0.3) is 0 Å². The van der Waals surface area contributed by atoms with E-state index in [1.807, 2.05) is 6.20 Å². The molecule has 5 heteroatoms. The lowest BCUT2D eigenvalue weighted by Crippen LogP contribution is -2.45. The average molecular weight is 328 g/mol. The van der Waals surface area contributed by atoms with Crippen LogP contribution in [0.3, 0.4) is 0 Å². The second-order valence-electron chi connectivity index (χ2n) is 6.84. The van der Waals surface area contributed by atoms with Gasteiger partial charge >= 0.3 is 0 Å². The van der Waals surface area contributed by atoms with Crippen LogP contribution in [0.4, 0.5) is 0 Å². The summed E-state index contributed by atoms with van der Waals surface area (Å²) in [5.74, 6) is 0. The number of aromatic amines is 1. The maximum atomic E-state index is 5.84. The van der Waals surface area contributed by atoms with Crippen LogP contribution in [-0.2, 0) is 24.4 Å². The highest BCUT2D eigenvalue weighted by Crippen LogP contribution is 2.17. The fraction of sp³-hybridized carbons (Fsp3) is 0.526. The predicted octanol–water partition coefficient (Wildman–Crippen LogP) is 2.62. The van der Waals surface area contributed by atoms with E-state index in [0.29, 0.717) is 12.2 Å². The molecule has 2 heterocycles. The van der Waals surface area contributed by atoms with Gasteiger partial charge in [-0.3, -0.25) is 10.00 Å². The van der Waals surface area contributed by atoms with Gasteiger partial charge in [0.25, 0.3) is 0 Å². The Bertz CT molecular complexity index is 644. The molecule has 1 aliphatic rings. The summed E-state index contributed by atoms with van der Waals surface area (Å²) in [5.41, 5.74) is 5.12. The first kappa shape index (κ1) is 17.1. The van der Waals surface area contributed by atoms with Gasteiger partial charge in [0, 0.05) is 44.0 Å². The molecule has 130 valence electrons. The second-order valence-corrected chi connectivity index (χ2v) is 6.84. The predicted molar refractivity (Wildman–Crippen MR) is 95.6 cm³/mol. The molecule has 5 nitrogen and oxygen atoms in total. The topological polar surface area (TPSA) is 53.2 Å². The van der Waals surface area contributed by atoms with Crippen molar-refractivity contribution in [3.8, 4) is 0 Å². The maximum Gasteiger partial charge on any atom is 0.0678 e. The molecule has 0 spiro atoms. The zero-order valence-electron chi connectivity index (χ0n) is 14.9. The molecule has 0 radical (unpaired) electrons. The summed E-state index contributed by atoms with van der Waals surface area (Å²) in [6.45, 7) is 11.1. The van der Waals surface area contributed by atoms with E-state index in [1.54, 1.807) is 0 Å². The SMILES string of the molecule is Cc1[nH]ncc1CNCc1ccccc1CN1C[C@H](C)O[C@@H](C)C1. The fourth-order valence-corrected chi connectivity index (χ4v) is 3.42. The number of ether oxygens (including phenoxy) is 1. The normalized spacial score (nSPS) is 22.0. The number of aromatic nitrogens is 2. The first-order valence-corrected chi connectivity index (χ1v) is 8.76. The van der Waals surface area contributed by atoms with E-state index in [-0.39, 0.29) is 0 Å². The van der Waals surface area contributed by atoms with Gasteiger partial charge in [-0.25, -0.2) is 0 Å². The molecule has 0 amide bonds. The van der Waals surface area contributed by atoms with Crippen molar-refractivity contribution < 1.29 is 4.74 Å². The number of aryl methyl sites for hydroxylation is 1. The molecule has 0 bridgehead atoms. The summed E-state index contributed by atoms with van der Waals surface area (Å²) in [6.07, 6.45) is 2.51. The lowest BCUT2D eigenvalue weighted by molar-refractivity contribution is -0.0705. The van der Waals surface area contributed by atoms with E-state index in [1.165, 1.54) is 16.7 Å². The standard InChI is InChI=1S/C19H28N4O/c1-14-11-23(12-15(2)24-14)13-18-7-5-4-6-17(18)8-20-9-19-10-21-22-16(19)3/h4-7,10,14-15,20H,8-9,11-13H2,1-3H3,(H,21,22)/t14-,15-/m0/s1. The molecule has 3 rings (SSSR count). The molecule has 1 aromatic carbocycles. The number of rotatable bonds is 6. The van der Waals surface area contributed by atoms with E-state index < -0.39 is 0 Å². The largest absolute Gasteiger partial charge is 0.373 e. The third kappa shape index (κ3) is 4.44. The number of hydrogen-bond acceptors (Lipinski definition) is 4. The van der Waals surface area contributed by atoms with Gasteiger partial charge in [0.05, 0.1) is 18.4 Å². The van der Waals surface area contributed by atoms with Crippen molar-refractivity contribution in [1.82, 2.24) is 20.4 Å². The van der Waals surface area contributed by atoms with Crippen LogP contribution in [0.5, 0.6) is 0 Å². The Morgan fingerprint density at radius 2 is 1.79 bits per heavy atom. The number of nitrogens with zero attached hydrogens (tertiary/aromatic N) is 2. The second kappa shape index (κ2) is 7.92. The van der Waals surface area contributed by atoms with Crippen molar-refractivity contribution in [2.75, 3.05) is 13.1 Å². The lowest BCUT2D eigenvalue weighted by atomic mass is 10.1. The lowest BCUT2D eigenvalue weighted by Gasteiger charge is -2.35. The van der Waals surface area contributed by atoms with Crippen LogP contribution >= 0.6 is 0 Å². The van der Waals surface area contributed by atoms with Gasteiger partial charge in [-0.15, -0.1) is 0 Å². The highest BCUT2D eigenvalue weighted by atomic mass is 16.5. The third-order valence-corrected chi connectivity index (χ3v) is 4.57. The highest BCUT2D eigenvalue weighted by Gasteiger charge is 2.22. The Balaban J connectivity index is 1.59. The van der Waals surface area contributed by atoms with E-state index in [2.05, 4.69) is 65.5 Å². The molecule has 2 aromatic rings. The van der Waals surface area contributed by atoms with E-state index >= 15 is 0 Å². The number of hydrogen-bond donors (Lipinski definition) is 2. The molecular weight excluding hydrogens is 300 g/mol. The van der Waals surface area contributed by atoms with Gasteiger partial charge in [-0.2, -0.15) is 5.10 Å². The van der Waals surface area contributed by atoms with Crippen LogP contribution in [-0.4, -0.2) is 40.4 Å². The third-order valence-electron chi connectivity index (χ3n) is 4.57. The van der Waals surface area contributed by atoms with E-state index in [0.717, 1.165) is 38.4 Å². The zero-order chi connectivity index (χ0) is 16.9. The van der Waals surface area contributed by atoms with Gasteiger partial charge in [0.2, 0.25) is 0 Å². The Labute approximate surface area is 144 Å². The Morgan fingerprint density at radius 1 is 1.12 bits per heavy atom. The summed E-state index contributed by atoms with van der Waals surface area (Å²) < 4.78 is 5.84. The average Bonchev–Trinajstić information content (AvgIpc) is 2.93. The zero-order valence-corrected chi connectivity index (χ0v) is 14.9. The van der Waals surface area contributed by atoms with Crippen molar-refractivity contribution in [3.63, 3.8) is 0 Å². The Hall–Kier alpha value is -1.69. The molecule has 0 aliphatic carbocycles. The van der Waals surface area contributed by atoms with Crippen LogP contribution in [0.1, 0.15) is 36.2 Å². The Morgan fingerprint density at radius 3 is 2.46 bits per heavy atom. The molecule has 0 unspecified atom stereocenters. The number of nitrogens with one attached hydrogen (secondary N) is 2. The maximum absolute atomic E-state index is 5.84. The van der Waals surface area contributed by atoms with Gasteiger partial charge in [-0.1, -0.05) is 24.3 Å². The van der Waals surface area contributed by atoms with Crippen molar-refractivity contribution in [2.24, 2.45) is 0 Å². The fourth-order valence-electron chi connectivity index (χ4n) is 3.42. The number of morpholine rings is 1. The summed E-state index contributed by atoms with van der Waals surface area (Å²) in [4.78, 5) is 2.50. The molecular formula is C19H28N4O. The van der Waals surface area contributed by atoms with Crippen LogP contribution in [0.2, 0.25) is 0 Å². The van der Waals surface area contributed by atoms with Crippen LogP contribution in [0.15, 0.2) is 30.5 Å². The molecule has 24 heavy (non-hydrogen) atoms. The molecule has 1 saturated heterocycles. The molecule has 2 atom stereocenters. The number of H-pyrrole nitrogens is 1. The van der Waals surface area contributed by atoms with Crippen molar-refractivity contribution in [2.45, 2.75) is 52.6 Å². The van der Waals surface area contributed by atoms with Crippen LogP contribution < -0.4 is 5.32 Å². The van der Waals surface area contributed by atoms with Gasteiger partial charge in [0.15, 0.2) is 0 Å². The first-order chi connectivity index (χ1) is 11.6. The monoisotopic (exact) mass is 328 g/mol. The molecule has 1 aromatic heterocycles. The number of benzene rings is 1. The van der Waals surface area contributed by atoms with Gasteiger partial charge < -0.3 is 10.1 Å². The van der Waals surface area contributed by atoms with Crippen molar-refractivity contribution in [3.05, 3.63) is 52.8 Å². The minimum absolute atomic E-state index is 0.308. The highest BCUT2D eigenvalue weighted by molar-refractivity contribution is 5.27. The summed E-state index contributed by atoms with van der Waals surface area (Å²) in [5, 5.41) is 10.6. The van der Waals surface area contributed by atoms with Gasteiger partial charge in [0.1, 0.15) is 0 Å². The van der Waals surface area contributed by atoms with Gasteiger partial charge in [-0.05, 0) is 31.9 Å². The summed E-state index contributed by atoms with van der Waals surface area (Å²) in [6, 6.07) is 8.71. The minimum atomic E-state index is 0.308. The molecule has 2 N–H and O–H groups in total. The molecule has 0 saturated carbocycles.